The first-order valence-corrected chi connectivity index (χ1v) is 9.82. The summed E-state index contributed by atoms with van der Waals surface area (Å²) >= 11 is 12.5. The van der Waals surface area contributed by atoms with E-state index in [0.717, 1.165) is 0 Å². The molecular formula is C18H21Cl2N5O3. The van der Waals surface area contributed by atoms with Gasteiger partial charge in [-0.1, -0.05) is 23.2 Å². The molecule has 4 rings (SSSR count). The van der Waals surface area contributed by atoms with Crippen LogP contribution in [0, 0.1) is 0 Å². The van der Waals surface area contributed by atoms with Crippen molar-refractivity contribution in [3.05, 3.63) is 16.5 Å². The monoisotopic (exact) mass is 425 g/mol. The molecular weight excluding hydrogens is 405 g/mol. The number of rotatable bonds is 0. The second-order valence-corrected chi connectivity index (χ2v) is 8.69. The summed E-state index contributed by atoms with van der Waals surface area (Å²) in [6.07, 6.45) is 0.849. The number of hydrogen-bond acceptors (Lipinski definition) is 7. The molecule has 1 fully saturated rings. The Hall–Kier alpha value is -2.06. The van der Waals surface area contributed by atoms with Crippen LogP contribution in [-0.4, -0.2) is 63.3 Å². The zero-order chi connectivity index (χ0) is 20.2. The van der Waals surface area contributed by atoms with E-state index in [0.29, 0.717) is 42.2 Å². The third-order valence-corrected chi connectivity index (χ3v) is 5.54. The van der Waals surface area contributed by atoms with Crippen molar-refractivity contribution in [1.29, 1.82) is 0 Å². The smallest absolute Gasteiger partial charge is 0.410 e. The summed E-state index contributed by atoms with van der Waals surface area (Å²) in [5.41, 5.74) is -0.0456. The van der Waals surface area contributed by atoms with Crippen molar-refractivity contribution in [1.82, 2.24) is 19.9 Å². The number of piperazine rings is 1. The minimum atomic E-state index is -0.549. The Morgan fingerprint density at radius 3 is 2.75 bits per heavy atom. The zero-order valence-corrected chi connectivity index (χ0v) is 17.6. The molecule has 1 saturated heterocycles. The van der Waals surface area contributed by atoms with E-state index in [1.807, 2.05) is 27.7 Å². The molecule has 1 unspecified atom stereocenters. The highest BCUT2D eigenvalue weighted by molar-refractivity contribution is 6.44. The molecule has 8 nitrogen and oxygen atoms in total. The van der Waals surface area contributed by atoms with Gasteiger partial charge in [0.2, 0.25) is 5.88 Å². The van der Waals surface area contributed by atoms with Gasteiger partial charge in [-0.15, -0.1) is 0 Å². The van der Waals surface area contributed by atoms with E-state index in [1.165, 1.54) is 6.33 Å². The van der Waals surface area contributed by atoms with Crippen molar-refractivity contribution in [2.75, 3.05) is 24.5 Å². The predicted molar refractivity (Wildman–Crippen MR) is 106 cm³/mol. The number of fused-ring (bicyclic) bond motifs is 2. The van der Waals surface area contributed by atoms with Gasteiger partial charge in [0.15, 0.2) is 5.15 Å². The van der Waals surface area contributed by atoms with E-state index in [9.17, 15) is 4.79 Å². The standard InChI is InChI=1S/C18H21Cl2N5O3/c1-9-10-7-24(17(26)28-18(2,3)4)5-6-25(10)15-11-13(21-8-22-15)12(19)14(20)23-16(11)27-9/h8-10H,5-7H2,1-4H3/t9-,10?/m1/s1. The zero-order valence-electron chi connectivity index (χ0n) is 16.1. The molecule has 0 aliphatic carbocycles. The van der Waals surface area contributed by atoms with Gasteiger partial charge in [0.25, 0.3) is 0 Å². The van der Waals surface area contributed by atoms with Gasteiger partial charge in [-0.25, -0.2) is 14.8 Å². The minimum Gasteiger partial charge on any atom is -0.472 e. The molecule has 150 valence electrons. The number of aromatic nitrogens is 3. The minimum absolute atomic E-state index is 0.133. The van der Waals surface area contributed by atoms with Crippen molar-refractivity contribution in [2.24, 2.45) is 0 Å². The van der Waals surface area contributed by atoms with E-state index in [1.54, 1.807) is 4.90 Å². The molecule has 4 heterocycles. The normalized spacial score (nSPS) is 21.8. The molecule has 2 aromatic heterocycles. The quantitative estimate of drug-likeness (QED) is 0.596. The van der Waals surface area contributed by atoms with Crippen molar-refractivity contribution in [3.63, 3.8) is 0 Å². The number of pyridine rings is 1. The average Bonchev–Trinajstić information content (AvgIpc) is 2.74. The summed E-state index contributed by atoms with van der Waals surface area (Å²) in [5.74, 6) is 1.04. The summed E-state index contributed by atoms with van der Waals surface area (Å²) in [5, 5.41) is 1.04. The van der Waals surface area contributed by atoms with Crippen molar-refractivity contribution >= 4 is 46.0 Å². The molecule has 0 bridgehead atoms. The van der Waals surface area contributed by atoms with Crippen LogP contribution in [0.3, 0.4) is 0 Å². The molecule has 2 atom stereocenters. The SMILES string of the molecule is C[C@H]1Oc2nc(Cl)c(Cl)c3ncnc(c23)N2CCN(C(=O)OC(C)(C)C)CC12. The number of amides is 1. The number of hydrogen-bond donors (Lipinski definition) is 0. The Balaban J connectivity index is 1.72. The molecule has 10 heteroatoms. The lowest BCUT2D eigenvalue weighted by atomic mass is 10.1. The number of carbonyl (C=O) groups excluding carboxylic acids is 1. The van der Waals surface area contributed by atoms with Crippen LogP contribution in [-0.2, 0) is 4.74 Å². The Kier molecular flexibility index (Phi) is 4.66. The maximum atomic E-state index is 12.6. The lowest BCUT2D eigenvalue weighted by Crippen LogP contribution is -2.59. The summed E-state index contributed by atoms with van der Waals surface area (Å²) in [6.45, 7) is 9.02. The van der Waals surface area contributed by atoms with Gasteiger partial charge in [0.05, 0.1) is 6.04 Å². The van der Waals surface area contributed by atoms with Crippen molar-refractivity contribution in [3.8, 4) is 5.88 Å². The third-order valence-electron chi connectivity index (χ3n) is 4.81. The van der Waals surface area contributed by atoms with Crippen LogP contribution in [0.5, 0.6) is 5.88 Å². The van der Waals surface area contributed by atoms with Crippen LogP contribution < -0.4 is 9.64 Å². The molecule has 0 spiro atoms. The molecule has 28 heavy (non-hydrogen) atoms. The average molecular weight is 426 g/mol. The summed E-state index contributed by atoms with van der Waals surface area (Å²) < 4.78 is 11.6. The third kappa shape index (κ3) is 3.28. The second-order valence-electron chi connectivity index (χ2n) is 7.95. The van der Waals surface area contributed by atoms with Crippen LogP contribution >= 0.6 is 23.2 Å². The van der Waals surface area contributed by atoms with E-state index < -0.39 is 5.60 Å². The molecule has 0 radical (unpaired) electrons. The van der Waals surface area contributed by atoms with Crippen LogP contribution in [0.4, 0.5) is 10.6 Å². The number of nitrogens with zero attached hydrogens (tertiary/aromatic N) is 5. The summed E-state index contributed by atoms with van der Waals surface area (Å²) in [4.78, 5) is 29.4. The molecule has 1 amide bonds. The first-order chi connectivity index (χ1) is 13.2. The van der Waals surface area contributed by atoms with Gasteiger partial charge in [-0.2, -0.15) is 4.98 Å². The molecule has 2 aliphatic rings. The van der Waals surface area contributed by atoms with Crippen LogP contribution in [0.25, 0.3) is 10.9 Å². The predicted octanol–water partition coefficient (Wildman–Crippen LogP) is 3.54. The Bertz CT molecular complexity index is 949. The number of anilines is 1. The van der Waals surface area contributed by atoms with Gasteiger partial charge < -0.3 is 19.3 Å². The second kappa shape index (κ2) is 6.77. The first kappa shape index (κ1) is 19.3. The lowest BCUT2D eigenvalue weighted by Gasteiger charge is -2.43. The topological polar surface area (TPSA) is 80.7 Å². The van der Waals surface area contributed by atoms with Gasteiger partial charge in [0, 0.05) is 19.6 Å². The maximum absolute atomic E-state index is 12.6. The highest BCUT2D eigenvalue weighted by Crippen LogP contribution is 2.41. The van der Waals surface area contributed by atoms with Crippen molar-refractivity contribution < 1.29 is 14.3 Å². The maximum Gasteiger partial charge on any atom is 0.410 e. The van der Waals surface area contributed by atoms with E-state index in [-0.39, 0.29) is 28.4 Å². The van der Waals surface area contributed by atoms with Crippen LogP contribution in [0.1, 0.15) is 27.7 Å². The Morgan fingerprint density at radius 1 is 1.29 bits per heavy atom. The van der Waals surface area contributed by atoms with E-state index in [2.05, 4.69) is 19.9 Å². The number of ether oxygens (including phenoxy) is 2. The molecule has 0 N–H and O–H groups in total. The fourth-order valence-electron chi connectivity index (χ4n) is 3.56. The molecule has 2 aliphatic heterocycles. The fourth-order valence-corrected chi connectivity index (χ4v) is 3.91. The molecule has 2 aromatic rings. The van der Waals surface area contributed by atoms with Crippen LogP contribution in [0.2, 0.25) is 10.2 Å². The summed E-state index contributed by atoms with van der Waals surface area (Å²) in [6, 6.07) is -0.133. The number of halogens is 2. The Morgan fingerprint density at radius 2 is 2.04 bits per heavy atom. The highest BCUT2D eigenvalue weighted by atomic mass is 35.5. The fraction of sp³-hybridized carbons (Fsp3) is 0.556. The Labute approximate surface area is 172 Å². The van der Waals surface area contributed by atoms with Gasteiger partial charge >= 0.3 is 6.09 Å². The largest absolute Gasteiger partial charge is 0.472 e. The highest BCUT2D eigenvalue weighted by Gasteiger charge is 2.40. The molecule has 0 saturated carbocycles. The number of carbonyl (C=O) groups is 1. The van der Waals surface area contributed by atoms with E-state index >= 15 is 0 Å². The first-order valence-electron chi connectivity index (χ1n) is 9.06. The summed E-state index contributed by atoms with van der Waals surface area (Å²) in [7, 11) is 0. The van der Waals surface area contributed by atoms with Gasteiger partial charge in [0.1, 0.15) is 39.8 Å². The van der Waals surface area contributed by atoms with Gasteiger partial charge in [-0.05, 0) is 27.7 Å². The molecule has 0 aromatic carbocycles. The van der Waals surface area contributed by atoms with Crippen molar-refractivity contribution in [2.45, 2.75) is 45.4 Å². The van der Waals surface area contributed by atoms with Gasteiger partial charge in [-0.3, -0.25) is 0 Å². The lowest BCUT2D eigenvalue weighted by molar-refractivity contribution is 0.0175. The van der Waals surface area contributed by atoms with Crippen LogP contribution in [0.15, 0.2) is 6.33 Å². The van der Waals surface area contributed by atoms with E-state index in [4.69, 9.17) is 32.7 Å².